The van der Waals surface area contributed by atoms with E-state index in [-0.39, 0.29) is 17.8 Å². The van der Waals surface area contributed by atoms with Crippen molar-refractivity contribution in [3.8, 4) is 16.8 Å². The van der Waals surface area contributed by atoms with Gasteiger partial charge in [-0.2, -0.15) is 0 Å². The first-order chi connectivity index (χ1) is 17.0. The Morgan fingerprint density at radius 2 is 1.86 bits per heavy atom. The first-order valence-electron chi connectivity index (χ1n) is 11.6. The number of carbonyl (C=O) groups is 1. The third-order valence-corrected chi connectivity index (χ3v) is 6.23. The van der Waals surface area contributed by atoms with Crippen LogP contribution in [0.1, 0.15) is 41.4 Å². The maximum atomic E-state index is 14.1. The summed E-state index contributed by atoms with van der Waals surface area (Å²) in [5.74, 6) is 0.153. The van der Waals surface area contributed by atoms with E-state index >= 15 is 0 Å². The van der Waals surface area contributed by atoms with Crippen molar-refractivity contribution in [1.29, 1.82) is 0 Å². The van der Waals surface area contributed by atoms with Crippen LogP contribution in [0.5, 0.6) is 0 Å². The SMILES string of the molecule is CN(C)c1ncc(-c2cccc(F)c2)c([C@@H]2CCCCN2C(=O)c2cccc(-n3cnnc3)c2)n1. The van der Waals surface area contributed by atoms with Crippen molar-refractivity contribution in [2.24, 2.45) is 0 Å². The van der Waals surface area contributed by atoms with Crippen LogP contribution in [0.4, 0.5) is 10.3 Å². The highest BCUT2D eigenvalue weighted by molar-refractivity contribution is 5.95. The normalized spacial score (nSPS) is 15.7. The second kappa shape index (κ2) is 9.61. The highest BCUT2D eigenvalue weighted by Crippen LogP contribution is 2.37. The molecule has 1 aliphatic heterocycles. The molecular formula is C26H26FN7O. The molecule has 9 heteroatoms. The van der Waals surface area contributed by atoms with Crippen molar-refractivity contribution < 1.29 is 9.18 Å². The van der Waals surface area contributed by atoms with Crippen molar-refractivity contribution in [2.75, 3.05) is 25.5 Å². The van der Waals surface area contributed by atoms with E-state index < -0.39 is 0 Å². The fourth-order valence-corrected chi connectivity index (χ4v) is 4.49. The molecule has 0 bridgehead atoms. The molecule has 2 aromatic heterocycles. The number of benzene rings is 2. The Morgan fingerprint density at radius 3 is 2.63 bits per heavy atom. The minimum absolute atomic E-state index is 0.0696. The summed E-state index contributed by atoms with van der Waals surface area (Å²) in [5, 5.41) is 7.71. The second-order valence-corrected chi connectivity index (χ2v) is 8.80. The topological polar surface area (TPSA) is 80.0 Å². The molecule has 0 N–H and O–H groups in total. The van der Waals surface area contributed by atoms with Crippen LogP contribution < -0.4 is 4.90 Å². The molecule has 0 aliphatic carbocycles. The summed E-state index contributed by atoms with van der Waals surface area (Å²) in [6.07, 6.45) is 7.58. The number of hydrogen-bond acceptors (Lipinski definition) is 6. The van der Waals surface area contributed by atoms with Gasteiger partial charge in [-0.25, -0.2) is 14.4 Å². The molecular weight excluding hydrogens is 445 g/mol. The van der Waals surface area contributed by atoms with Crippen LogP contribution in [0.3, 0.4) is 0 Å². The number of anilines is 1. The highest BCUT2D eigenvalue weighted by atomic mass is 19.1. The van der Waals surface area contributed by atoms with E-state index in [0.717, 1.165) is 36.2 Å². The lowest BCUT2D eigenvalue weighted by Gasteiger charge is -2.36. The average Bonchev–Trinajstić information content (AvgIpc) is 3.43. The molecule has 1 aliphatic rings. The van der Waals surface area contributed by atoms with Crippen molar-refractivity contribution in [3.63, 3.8) is 0 Å². The summed E-state index contributed by atoms with van der Waals surface area (Å²) in [5.41, 5.74) is 3.55. The van der Waals surface area contributed by atoms with Crippen LogP contribution in [-0.2, 0) is 0 Å². The minimum atomic E-state index is -0.326. The van der Waals surface area contributed by atoms with Crippen LogP contribution in [0, 0.1) is 5.82 Å². The van der Waals surface area contributed by atoms with Gasteiger partial charge in [-0.1, -0.05) is 18.2 Å². The van der Waals surface area contributed by atoms with Gasteiger partial charge in [-0.3, -0.25) is 9.36 Å². The minimum Gasteiger partial charge on any atom is -0.347 e. The quantitative estimate of drug-likeness (QED) is 0.432. The van der Waals surface area contributed by atoms with Gasteiger partial charge in [0.25, 0.3) is 5.91 Å². The van der Waals surface area contributed by atoms with Crippen LogP contribution in [0.15, 0.2) is 67.4 Å². The number of likely N-dealkylation sites (tertiary alicyclic amines) is 1. The van der Waals surface area contributed by atoms with Crippen LogP contribution in [0.2, 0.25) is 0 Å². The number of rotatable bonds is 5. The van der Waals surface area contributed by atoms with Gasteiger partial charge in [0.05, 0.1) is 11.7 Å². The molecule has 178 valence electrons. The Bertz CT molecular complexity index is 1340. The molecule has 5 rings (SSSR count). The van der Waals surface area contributed by atoms with E-state index in [1.54, 1.807) is 29.5 Å². The second-order valence-electron chi connectivity index (χ2n) is 8.80. The summed E-state index contributed by atoms with van der Waals surface area (Å²) in [6.45, 7) is 0.615. The number of aromatic nitrogens is 5. The summed E-state index contributed by atoms with van der Waals surface area (Å²) < 4.78 is 15.9. The number of carbonyl (C=O) groups excluding carboxylic acids is 1. The standard InChI is InChI=1S/C26H26FN7O/c1-32(2)26-28-15-22(18-7-5-9-20(27)13-18)24(31-26)23-11-3-4-12-34(23)25(35)19-8-6-10-21(14-19)33-16-29-30-17-33/h5-10,13-17,23H,3-4,11-12H2,1-2H3/t23-/m0/s1. The molecule has 3 heterocycles. The smallest absolute Gasteiger partial charge is 0.254 e. The van der Waals surface area contributed by atoms with Crippen LogP contribution >= 0.6 is 0 Å². The van der Waals surface area contributed by atoms with Crippen molar-refractivity contribution in [3.05, 3.63) is 84.5 Å². The van der Waals surface area contributed by atoms with E-state index in [9.17, 15) is 9.18 Å². The molecule has 4 aromatic rings. The number of halogens is 1. The zero-order valence-corrected chi connectivity index (χ0v) is 19.7. The number of piperidine rings is 1. The van der Waals surface area contributed by atoms with E-state index in [1.807, 2.05) is 54.2 Å². The molecule has 0 unspecified atom stereocenters. The first-order valence-corrected chi connectivity index (χ1v) is 11.6. The number of nitrogens with zero attached hydrogens (tertiary/aromatic N) is 7. The van der Waals surface area contributed by atoms with Crippen molar-refractivity contribution in [1.82, 2.24) is 29.6 Å². The molecule has 8 nitrogen and oxygen atoms in total. The van der Waals surface area contributed by atoms with Gasteiger partial charge in [0.2, 0.25) is 5.95 Å². The summed E-state index contributed by atoms with van der Waals surface area (Å²) in [4.78, 5) is 26.9. The van der Waals surface area contributed by atoms with Gasteiger partial charge in [0.15, 0.2) is 0 Å². The van der Waals surface area contributed by atoms with Gasteiger partial charge in [0, 0.05) is 43.7 Å². The maximum Gasteiger partial charge on any atom is 0.254 e. The van der Waals surface area contributed by atoms with E-state index in [1.165, 1.54) is 12.1 Å². The molecule has 0 radical (unpaired) electrons. The van der Waals surface area contributed by atoms with E-state index in [0.29, 0.717) is 23.6 Å². The van der Waals surface area contributed by atoms with Gasteiger partial charge in [0.1, 0.15) is 18.5 Å². The molecule has 1 amide bonds. The fourth-order valence-electron chi connectivity index (χ4n) is 4.49. The predicted molar refractivity (Wildman–Crippen MR) is 131 cm³/mol. The largest absolute Gasteiger partial charge is 0.347 e. The molecule has 0 spiro atoms. The summed E-state index contributed by atoms with van der Waals surface area (Å²) in [6, 6.07) is 13.6. The first kappa shape index (κ1) is 22.6. The van der Waals surface area contributed by atoms with E-state index in [4.69, 9.17) is 4.98 Å². The van der Waals surface area contributed by atoms with E-state index in [2.05, 4.69) is 15.2 Å². The lowest BCUT2D eigenvalue weighted by Crippen LogP contribution is -2.39. The van der Waals surface area contributed by atoms with Gasteiger partial charge in [-0.05, 0) is 55.2 Å². The number of amides is 1. The Hall–Kier alpha value is -4.14. The lowest BCUT2D eigenvalue weighted by molar-refractivity contribution is 0.0606. The Kier molecular flexibility index (Phi) is 6.22. The van der Waals surface area contributed by atoms with Gasteiger partial charge in [-0.15, -0.1) is 10.2 Å². The summed E-state index contributed by atoms with van der Waals surface area (Å²) >= 11 is 0. The lowest BCUT2D eigenvalue weighted by atomic mass is 9.93. The average molecular weight is 472 g/mol. The zero-order valence-electron chi connectivity index (χ0n) is 19.7. The zero-order chi connectivity index (χ0) is 24.4. The van der Waals surface area contributed by atoms with Crippen molar-refractivity contribution in [2.45, 2.75) is 25.3 Å². The Labute approximate surface area is 203 Å². The predicted octanol–water partition coefficient (Wildman–Crippen LogP) is 4.30. The molecule has 2 aromatic carbocycles. The molecule has 1 atom stereocenters. The Morgan fingerprint density at radius 1 is 1.06 bits per heavy atom. The maximum absolute atomic E-state index is 14.1. The molecule has 35 heavy (non-hydrogen) atoms. The monoisotopic (exact) mass is 471 g/mol. The number of hydrogen-bond donors (Lipinski definition) is 0. The third kappa shape index (κ3) is 4.62. The molecule has 1 saturated heterocycles. The van der Waals surface area contributed by atoms with Crippen LogP contribution in [0.25, 0.3) is 16.8 Å². The Balaban J connectivity index is 1.56. The van der Waals surface area contributed by atoms with Gasteiger partial charge < -0.3 is 9.80 Å². The molecule has 0 saturated carbocycles. The molecule has 1 fully saturated rings. The van der Waals surface area contributed by atoms with Crippen molar-refractivity contribution >= 4 is 11.9 Å². The fraction of sp³-hybridized carbons (Fsp3) is 0.269. The highest BCUT2D eigenvalue weighted by Gasteiger charge is 2.32. The third-order valence-electron chi connectivity index (χ3n) is 6.23. The van der Waals surface area contributed by atoms with Gasteiger partial charge >= 0.3 is 0 Å². The van der Waals surface area contributed by atoms with Crippen LogP contribution in [-0.4, -0.2) is 56.2 Å². The summed E-state index contributed by atoms with van der Waals surface area (Å²) in [7, 11) is 3.75.